The molecule has 6 nitrogen and oxygen atoms in total. The summed E-state index contributed by atoms with van der Waals surface area (Å²) >= 11 is 1.46. The maximum absolute atomic E-state index is 11.7. The third-order valence-corrected chi connectivity index (χ3v) is 3.85. The van der Waals surface area contributed by atoms with Crippen molar-refractivity contribution < 1.29 is 19.1 Å². The Kier molecular flexibility index (Phi) is 5.74. The van der Waals surface area contributed by atoms with Gasteiger partial charge in [-0.2, -0.15) is 0 Å². The van der Waals surface area contributed by atoms with Crippen LogP contribution in [0.25, 0.3) is 0 Å². The van der Waals surface area contributed by atoms with Crippen LogP contribution in [0.2, 0.25) is 0 Å². The molecule has 0 unspecified atom stereocenters. The normalized spacial score (nSPS) is 14.0. The van der Waals surface area contributed by atoms with Crippen LogP contribution in [0.1, 0.15) is 0 Å². The van der Waals surface area contributed by atoms with E-state index in [0.29, 0.717) is 31.2 Å². The van der Waals surface area contributed by atoms with Crippen LogP contribution in [0.4, 0.5) is 4.79 Å². The minimum Gasteiger partial charge on any atom is -0.497 e. The molecular weight excluding hydrogens is 292 g/mol. The van der Waals surface area contributed by atoms with E-state index in [1.807, 2.05) is 24.3 Å². The molecular formula is C14H18N2O4S. The Morgan fingerprint density at radius 1 is 1.33 bits per heavy atom. The first kappa shape index (κ1) is 15.5. The minimum atomic E-state index is -0.296. The van der Waals surface area contributed by atoms with Crippen molar-refractivity contribution in [1.82, 2.24) is 10.2 Å². The van der Waals surface area contributed by atoms with E-state index < -0.39 is 0 Å². The van der Waals surface area contributed by atoms with E-state index in [0.717, 1.165) is 11.5 Å². The van der Waals surface area contributed by atoms with Crippen LogP contribution in [-0.2, 0) is 4.79 Å². The summed E-state index contributed by atoms with van der Waals surface area (Å²) in [4.78, 5) is 24.3. The Labute approximate surface area is 127 Å². The molecule has 0 aromatic heterocycles. The molecule has 1 aromatic rings. The summed E-state index contributed by atoms with van der Waals surface area (Å²) in [6.07, 6.45) is 0. The minimum absolute atomic E-state index is 0.153. The van der Waals surface area contributed by atoms with Crippen LogP contribution < -0.4 is 14.8 Å². The maximum atomic E-state index is 11.7. The van der Waals surface area contributed by atoms with Crippen molar-refractivity contribution in [2.45, 2.75) is 0 Å². The lowest BCUT2D eigenvalue weighted by Crippen LogP contribution is -2.35. The van der Waals surface area contributed by atoms with Gasteiger partial charge in [0.05, 0.1) is 19.5 Å². The standard InChI is InChI=1S/C14H18N2O4S/c1-19-11-2-4-12(5-3-11)20-8-9-21-10-13(17)16-7-6-15-14(16)18/h2-5H,6-10H2,1H3,(H,15,18). The van der Waals surface area contributed by atoms with Crippen molar-refractivity contribution in [2.24, 2.45) is 0 Å². The predicted octanol–water partition coefficient (Wildman–Crippen LogP) is 1.36. The first-order valence-corrected chi connectivity index (χ1v) is 7.79. The highest BCUT2D eigenvalue weighted by molar-refractivity contribution is 7.99. The third kappa shape index (κ3) is 4.56. The van der Waals surface area contributed by atoms with Gasteiger partial charge in [-0.3, -0.25) is 9.69 Å². The number of amides is 3. The Bertz CT molecular complexity index is 492. The summed E-state index contributed by atoms with van der Waals surface area (Å²) in [5, 5.41) is 2.60. The third-order valence-electron chi connectivity index (χ3n) is 2.94. The van der Waals surface area contributed by atoms with Crippen LogP contribution >= 0.6 is 11.8 Å². The van der Waals surface area contributed by atoms with Gasteiger partial charge in [-0.25, -0.2) is 4.79 Å². The largest absolute Gasteiger partial charge is 0.497 e. The highest BCUT2D eigenvalue weighted by Gasteiger charge is 2.25. The second-order valence-electron chi connectivity index (χ2n) is 4.35. The number of carbonyl (C=O) groups excluding carboxylic acids is 2. The SMILES string of the molecule is COc1ccc(OCCSCC(=O)N2CCNC2=O)cc1. The van der Waals surface area contributed by atoms with Crippen LogP contribution in [0.5, 0.6) is 11.5 Å². The zero-order valence-corrected chi connectivity index (χ0v) is 12.6. The van der Waals surface area contributed by atoms with Gasteiger partial charge in [0.15, 0.2) is 0 Å². The molecule has 1 heterocycles. The maximum Gasteiger partial charge on any atom is 0.324 e. The van der Waals surface area contributed by atoms with Gasteiger partial charge in [0.1, 0.15) is 11.5 Å². The first-order chi connectivity index (χ1) is 10.2. The molecule has 0 aliphatic carbocycles. The van der Waals surface area contributed by atoms with Crippen LogP contribution in [-0.4, -0.2) is 55.2 Å². The molecule has 1 saturated heterocycles. The predicted molar refractivity (Wildman–Crippen MR) is 80.9 cm³/mol. The topological polar surface area (TPSA) is 67.9 Å². The number of nitrogens with one attached hydrogen (secondary N) is 1. The summed E-state index contributed by atoms with van der Waals surface area (Å²) < 4.78 is 10.6. The fraction of sp³-hybridized carbons (Fsp3) is 0.429. The average Bonchev–Trinajstić information content (AvgIpc) is 2.93. The van der Waals surface area contributed by atoms with E-state index in [2.05, 4.69) is 5.32 Å². The molecule has 0 spiro atoms. The molecule has 1 fully saturated rings. The van der Waals surface area contributed by atoms with Crippen molar-refractivity contribution in [3.63, 3.8) is 0 Å². The van der Waals surface area contributed by atoms with E-state index in [-0.39, 0.29) is 11.9 Å². The molecule has 1 aliphatic rings. The molecule has 7 heteroatoms. The Hall–Kier alpha value is -1.89. The van der Waals surface area contributed by atoms with E-state index in [1.54, 1.807) is 7.11 Å². The van der Waals surface area contributed by atoms with Gasteiger partial charge in [-0.15, -0.1) is 11.8 Å². The second kappa shape index (κ2) is 7.78. The number of hydrogen-bond acceptors (Lipinski definition) is 5. The number of ether oxygens (including phenoxy) is 2. The summed E-state index contributed by atoms with van der Waals surface area (Å²) in [6, 6.07) is 7.04. The summed E-state index contributed by atoms with van der Waals surface area (Å²) in [5.41, 5.74) is 0. The molecule has 114 valence electrons. The number of hydrogen-bond donors (Lipinski definition) is 1. The number of thioether (sulfide) groups is 1. The molecule has 0 bridgehead atoms. The fourth-order valence-corrected chi connectivity index (χ4v) is 2.51. The van der Waals surface area contributed by atoms with Crippen molar-refractivity contribution >= 4 is 23.7 Å². The summed E-state index contributed by atoms with van der Waals surface area (Å²) in [6.45, 7) is 1.51. The van der Waals surface area contributed by atoms with E-state index in [4.69, 9.17) is 9.47 Å². The zero-order chi connectivity index (χ0) is 15.1. The Morgan fingerprint density at radius 3 is 2.67 bits per heavy atom. The monoisotopic (exact) mass is 310 g/mol. The Morgan fingerprint density at radius 2 is 2.05 bits per heavy atom. The van der Waals surface area contributed by atoms with Crippen LogP contribution in [0.15, 0.2) is 24.3 Å². The van der Waals surface area contributed by atoms with Crippen molar-refractivity contribution in [1.29, 1.82) is 0 Å². The second-order valence-corrected chi connectivity index (χ2v) is 5.46. The number of nitrogens with zero attached hydrogens (tertiary/aromatic N) is 1. The molecule has 3 amide bonds. The quantitative estimate of drug-likeness (QED) is 0.770. The number of methoxy groups -OCH3 is 1. The van der Waals surface area contributed by atoms with Gasteiger partial charge in [-0.1, -0.05) is 0 Å². The number of urea groups is 1. The number of benzene rings is 1. The van der Waals surface area contributed by atoms with E-state index in [9.17, 15) is 9.59 Å². The van der Waals surface area contributed by atoms with Crippen LogP contribution in [0.3, 0.4) is 0 Å². The van der Waals surface area contributed by atoms with Gasteiger partial charge in [-0.05, 0) is 24.3 Å². The molecule has 1 aliphatic heterocycles. The molecule has 0 atom stereocenters. The van der Waals surface area contributed by atoms with Crippen molar-refractivity contribution in [2.75, 3.05) is 38.3 Å². The van der Waals surface area contributed by atoms with Crippen molar-refractivity contribution in [3.05, 3.63) is 24.3 Å². The van der Waals surface area contributed by atoms with E-state index in [1.165, 1.54) is 16.7 Å². The van der Waals surface area contributed by atoms with Gasteiger partial charge >= 0.3 is 6.03 Å². The number of carbonyl (C=O) groups is 2. The molecule has 1 N–H and O–H groups in total. The Balaban J connectivity index is 1.61. The lowest BCUT2D eigenvalue weighted by molar-refractivity contribution is -0.124. The van der Waals surface area contributed by atoms with Gasteiger partial charge in [0.25, 0.3) is 0 Å². The molecule has 1 aromatic carbocycles. The van der Waals surface area contributed by atoms with Gasteiger partial charge in [0, 0.05) is 18.8 Å². The molecule has 2 rings (SSSR count). The van der Waals surface area contributed by atoms with Crippen molar-refractivity contribution in [3.8, 4) is 11.5 Å². The zero-order valence-electron chi connectivity index (χ0n) is 11.8. The van der Waals surface area contributed by atoms with Gasteiger partial charge < -0.3 is 14.8 Å². The fourth-order valence-electron chi connectivity index (χ4n) is 1.84. The molecule has 0 saturated carbocycles. The molecule has 21 heavy (non-hydrogen) atoms. The number of imide groups is 1. The summed E-state index contributed by atoms with van der Waals surface area (Å²) in [7, 11) is 1.62. The highest BCUT2D eigenvalue weighted by Crippen LogP contribution is 2.17. The summed E-state index contributed by atoms with van der Waals surface area (Å²) in [5.74, 6) is 2.37. The lowest BCUT2D eigenvalue weighted by atomic mass is 10.3. The highest BCUT2D eigenvalue weighted by atomic mass is 32.2. The smallest absolute Gasteiger partial charge is 0.324 e. The lowest BCUT2D eigenvalue weighted by Gasteiger charge is -2.11. The molecule has 0 radical (unpaired) electrons. The first-order valence-electron chi connectivity index (χ1n) is 6.63. The van der Waals surface area contributed by atoms with Crippen LogP contribution in [0, 0.1) is 0 Å². The average molecular weight is 310 g/mol. The number of rotatable bonds is 7. The van der Waals surface area contributed by atoms with E-state index >= 15 is 0 Å². The van der Waals surface area contributed by atoms with Gasteiger partial charge in [0.2, 0.25) is 5.91 Å².